The molecule has 2 rings (SSSR count). The van der Waals surface area contributed by atoms with Gasteiger partial charge in [0.25, 0.3) is 0 Å². The van der Waals surface area contributed by atoms with Crippen molar-refractivity contribution in [2.75, 3.05) is 21.3 Å². The molecule has 21 heavy (non-hydrogen) atoms. The van der Waals surface area contributed by atoms with E-state index in [-0.39, 0.29) is 6.04 Å². The van der Waals surface area contributed by atoms with E-state index < -0.39 is 0 Å². The summed E-state index contributed by atoms with van der Waals surface area (Å²) in [5.74, 6) is 1.40. The molecule has 1 atom stereocenters. The van der Waals surface area contributed by atoms with E-state index in [2.05, 4.69) is 31.2 Å². The highest BCUT2D eigenvalue weighted by Crippen LogP contribution is 2.29. The van der Waals surface area contributed by atoms with Crippen LogP contribution in [0.4, 0.5) is 0 Å². The van der Waals surface area contributed by atoms with Crippen LogP contribution in [0.15, 0.2) is 35.1 Å². The molecule has 0 spiro atoms. The molecule has 0 saturated heterocycles. The smallest absolute Gasteiger partial charge is 0.216 e. The first kappa shape index (κ1) is 15.7. The van der Waals surface area contributed by atoms with Gasteiger partial charge in [0.2, 0.25) is 5.88 Å². The van der Waals surface area contributed by atoms with Crippen LogP contribution in [-0.2, 0) is 6.42 Å². The molecule has 0 saturated carbocycles. The Hall–Kier alpha value is -1.66. The number of nitrogens with zero attached hydrogens (tertiary/aromatic N) is 2. The Balaban J connectivity index is 2.27. The summed E-state index contributed by atoms with van der Waals surface area (Å²) in [4.78, 5) is 8.32. The molecule has 1 N–H and O–H groups in total. The van der Waals surface area contributed by atoms with Gasteiger partial charge in [0.1, 0.15) is 12.1 Å². The van der Waals surface area contributed by atoms with Gasteiger partial charge in [-0.1, -0.05) is 15.9 Å². The number of hydrogen-bond donors (Lipinski definition) is 1. The Labute approximate surface area is 132 Å². The third-order valence-corrected chi connectivity index (χ3v) is 3.97. The van der Waals surface area contributed by atoms with Gasteiger partial charge >= 0.3 is 0 Å². The van der Waals surface area contributed by atoms with Gasteiger partial charge in [-0.2, -0.15) is 0 Å². The summed E-state index contributed by atoms with van der Waals surface area (Å²) < 4.78 is 11.5. The number of benzene rings is 1. The summed E-state index contributed by atoms with van der Waals surface area (Å²) in [6, 6.07) is 7.88. The van der Waals surface area contributed by atoms with Crippen molar-refractivity contribution in [1.29, 1.82) is 0 Å². The number of likely N-dealkylation sites (N-methyl/N-ethyl adjacent to an activating group) is 1. The predicted octanol–water partition coefficient (Wildman–Crippen LogP) is 2.76. The zero-order chi connectivity index (χ0) is 15.2. The Kier molecular flexibility index (Phi) is 5.52. The SMILES string of the molecule is CNC(Cc1cc(OC)ncn1)c1cc(OC)ccc1Br. The Morgan fingerprint density at radius 3 is 2.67 bits per heavy atom. The van der Waals surface area contributed by atoms with Crippen LogP contribution in [0.25, 0.3) is 0 Å². The molecular formula is C15H18BrN3O2. The second kappa shape index (κ2) is 7.38. The molecule has 112 valence electrons. The van der Waals surface area contributed by atoms with Crippen LogP contribution in [0, 0.1) is 0 Å². The summed E-state index contributed by atoms with van der Waals surface area (Å²) in [5.41, 5.74) is 2.03. The van der Waals surface area contributed by atoms with E-state index in [9.17, 15) is 0 Å². The molecule has 1 aromatic heterocycles. The molecule has 1 unspecified atom stereocenters. The lowest BCUT2D eigenvalue weighted by Crippen LogP contribution is -2.20. The highest BCUT2D eigenvalue weighted by molar-refractivity contribution is 9.10. The molecule has 0 radical (unpaired) electrons. The predicted molar refractivity (Wildman–Crippen MR) is 84.8 cm³/mol. The fourth-order valence-electron chi connectivity index (χ4n) is 2.09. The molecule has 0 aliphatic carbocycles. The monoisotopic (exact) mass is 351 g/mol. The summed E-state index contributed by atoms with van der Waals surface area (Å²) in [6.45, 7) is 0. The number of rotatable bonds is 6. The van der Waals surface area contributed by atoms with Crippen LogP contribution in [0.3, 0.4) is 0 Å². The maximum Gasteiger partial charge on any atom is 0.216 e. The zero-order valence-electron chi connectivity index (χ0n) is 12.3. The Morgan fingerprint density at radius 1 is 1.19 bits per heavy atom. The van der Waals surface area contributed by atoms with Crippen LogP contribution in [-0.4, -0.2) is 31.2 Å². The fourth-order valence-corrected chi connectivity index (χ4v) is 2.62. The second-order valence-corrected chi connectivity index (χ2v) is 5.34. The molecule has 1 aromatic carbocycles. The molecule has 0 aliphatic heterocycles. The quantitative estimate of drug-likeness (QED) is 0.867. The summed E-state index contributed by atoms with van der Waals surface area (Å²) >= 11 is 3.59. The van der Waals surface area contributed by atoms with Crippen molar-refractivity contribution in [1.82, 2.24) is 15.3 Å². The average molecular weight is 352 g/mol. The summed E-state index contributed by atoms with van der Waals surface area (Å²) in [6.07, 6.45) is 2.24. The standard InChI is InChI=1S/C15H18BrN3O2/c1-17-14(6-10-7-15(21-3)19-9-18-10)12-8-11(20-2)4-5-13(12)16/h4-5,7-9,14,17H,6H2,1-3H3. The molecular weight excluding hydrogens is 334 g/mol. The molecule has 0 bridgehead atoms. The lowest BCUT2D eigenvalue weighted by Gasteiger charge is -2.18. The third-order valence-electron chi connectivity index (χ3n) is 3.25. The number of halogens is 1. The van der Waals surface area contributed by atoms with E-state index in [1.807, 2.05) is 31.3 Å². The lowest BCUT2D eigenvalue weighted by atomic mass is 10.0. The van der Waals surface area contributed by atoms with Crippen molar-refractivity contribution in [3.05, 3.63) is 46.3 Å². The summed E-state index contributed by atoms with van der Waals surface area (Å²) in [7, 11) is 5.19. The van der Waals surface area contributed by atoms with Gasteiger partial charge in [-0.3, -0.25) is 0 Å². The number of ether oxygens (including phenoxy) is 2. The largest absolute Gasteiger partial charge is 0.497 e. The maximum absolute atomic E-state index is 5.30. The highest BCUT2D eigenvalue weighted by Gasteiger charge is 2.15. The minimum Gasteiger partial charge on any atom is -0.497 e. The Morgan fingerprint density at radius 2 is 2.00 bits per heavy atom. The number of aromatic nitrogens is 2. The van der Waals surface area contributed by atoms with Crippen LogP contribution in [0.1, 0.15) is 17.3 Å². The molecule has 6 heteroatoms. The van der Waals surface area contributed by atoms with E-state index in [4.69, 9.17) is 9.47 Å². The van der Waals surface area contributed by atoms with Crippen molar-refractivity contribution < 1.29 is 9.47 Å². The normalized spacial score (nSPS) is 12.0. The van der Waals surface area contributed by atoms with Crippen molar-refractivity contribution >= 4 is 15.9 Å². The minimum absolute atomic E-state index is 0.106. The first-order chi connectivity index (χ1) is 10.2. The van der Waals surface area contributed by atoms with Crippen molar-refractivity contribution in [3.8, 4) is 11.6 Å². The molecule has 2 aromatic rings. The van der Waals surface area contributed by atoms with E-state index in [0.717, 1.165) is 27.9 Å². The van der Waals surface area contributed by atoms with Gasteiger partial charge in [-0.15, -0.1) is 0 Å². The van der Waals surface area contributed by atoms with Crippen molar-refractivity contribution in [2.45, 2.75) is 12.5 Å². The molecule has 0 fully saturated rings. The van der Waals surface area contributed by atoms with Gasteiger partial charge in [-0.05, 0) is 30.8 Å². The average Bonchev–Trinajstić information content (AvgIpc) is 2.53. The van der Waals surface area contributed by atoms with E-state index in [0.29, 0.717) is 5.88 Å². The van der Waals surface area contributed by atoms with Gasteiger partial charge in [0, 0.05) is 28.7 Å². The van der Waals surface area contributed by atoms with Crippen LogP contribution in [0.2, 0.25) is 0 Å². The molecule has 0 amide bonds. The zero-order valence-corrected chi connectivity index (χ0v) is 13.8. The van der Waals surface area contributed by atoms with Crippen molar-refractivity contribution in [2.24, 2.45) is 0 Å². The van der Waals surface area contributed by atoms with Gasteiger partial charge < -0.3 is 14.8 Å². The topological polar surface area (TPSA) is 56.3 Å². The summed E-state index contributed by atoms with van der Waals surface area (Å²) in [5, 5.41) is 3.31. The first-order valence-electron chi connectivity index (χ1n) is 6.53. The van der Waals surface area contributed by atoms with E-state index >= 15 is 0 Å². The van der Waals surface area contributed by atoms with Crippen LogP contribution >= 0.6 is 15.9 Å². The number of nitrogens with one attached hydrogen (secondary N) is 1. The van der Waals surface area contributed by atoms with Crippen LogP contribution in [0.5, 0.6) is 11.6 Å². The van der Waals surface area contributed by atoms with Crippen molar-refractivity contribution in [3.63, 3.8) is 0 Å². The Bertz CT molecular complexity index is 607. The van der Waals surface area contributed by atoms with Gasteiger partial charge in [-0.25, -0.2) is 9.97 Å². The molecule has 0 aliphatic rings. The molecule has 5 nitrogen and oxygen atoms in total. The second-order valence-electron chi connectivity index (χ2n) is 4.48. The van der Waals surface area contributed by atoms with E-state index in [1.165, 1.54) is 6.33 Å². The van der Waals surface area contributed by atoms with Gasteiger partial charge in [0.05, 0.1) is 14.2 Å². The van der Waals surface area contributed by atoms with Crippen LogP contribution < -0.4 is 14.8 Å². The van der Waals surface area contributed by atoms with Gasteiger partial charge in [0.15, 0.2) is 0 Å². The van der Waals surface area contributed by atoms with E-state index in [1.54, 1.807) is 14.2 Å². The third kappa shape index (κ3) is 3.92. The number of hydrogen-bond acceptors (Lipinski definition) is 5. The highest BCUT2D eigenvalue weighted by atomic mass is 79.9. The fraction of sp³-hybridized carbons (Fsp3) is 0.333. The molecule has 1 heterocycles. The number of methoxy groups -OCH3 is 2. The maximum atomic E-state index is 5.30. The first-order valence-corrected chi connectivity index (χ1v) is 7.32. The lowest BCUT2D eigenvalue weighted by molar-refractivity contribution is 0.395. The minimum atomic E-state index is 0.106.